The number of hydrogen-bond donors (Lipinski definition) is 0. The second-order valence-electron chi connectivity index (χ2n) is 12.6. The number of hydrogen-bond acceptors (Lipinski definition) is 2. The summed E-state index contributed by atoms with van der Waals surface area (Å²) in [6.07, 6.45) is 0. The SMILES string of the molecule is c1ccc(N(c2ccc(-c3ccc4cc5sc6ccccc6c5cc4c3)cc2)c2ccc3c4ccccc4n(-c4ccccc4)c3c2)cc1. The standard InChI is InChI=1S/C46H30N2S/c1-3-11-35(12-4-1)47(38-25-26-40-39-15-7-9-17-43(39)48(44(40)30-38)36-13-5-2-6-14-36)37-23-21-31(22-24-37)32-19-20-33-29-46-42(28-34(33)27-32)41-16-8-10-18-45(41)49-46/h1-30H. The molecule has 0 saturated carbocycles. The average molecular weight is 643 g/mol. The maximum Gasteiger partial charge on any atom is 0.0561 e. The highest BCUT2D eigenvalue weighted by atomic mass is 32.1. The van der Waals surface area contributed by atoms with Gasteiger partial charge in [0.15, 0.2) is 0 Å². The smallest absolute Gasteiger partial charge is 0.0561 e. The van der Waals surface area contributed by atoms with E-state index in [1.807, 2.05) is 11.3 Å². The summed E-state index contributed by atoms with van der Waals surface area (Å²) in [5.41, 5.74) is 9.32. The fourth-order valence-corrected chi connectivity index (χ4v) is 8.56. The molecular weight excluding hydrogens is 613 g/mol. The summed E-state index contributed by atoms with van der Waals surface area (Å²) in [4.78, 5) is 2.36. The summed E-state index contributed by atoms with van der Waals surface area (Å²) in [6.45, 7) is 0. The predicted molar refractivity (Wildman–Crippen MR) is 211 cm³/mol. The normalized spacial score (nSPS) is 11.7. The molecule has 0 N–H and O–H groups in total. The molecule has 0 amide bonds. The van der Waals surface area contributed by atoms with Crippen LogP contribution in [0.15, 0.2) is 182 Å². The second kappa shape index (κ2) is 11.2. The van der Waals surface area contributed by atoms with Gasteiger partial charge in [-0.3, -0.25) is 0 Å². The predicted octanol–water partition coefficient (Wildman–Crippen LogP) is 13.4. The van der Waals surface area contributed by atoms with Crippen LogP contribution in [0.4, 0.5) is 17.1 Å². The molecule has 230 valence electrons. The minimum atomic E-state index is 1.11. The van der Waals surface area contributed by atoms with E-state index in [1.165, 1.54) is 63.9 Å². The summed E-state index contributed by atoms with van der Waals surface area (Å²) >= 11 is 1.87. The van der Waals surface area contributed by atoms with Crippen LogP contribution < -0.4 is 4.90 Å². The number of anilines is 3. The summed E-state index contributed by atoms with van der Waals surface area (Å²) < 4.78 is 5.06. The lowest BCUT2D eigenvalue weighted by molar-refractivity contribution is 1.18. The molecule has 49 heavy (non-hydrogen) atoms. The molecule has 0 aliphatic heterocycles. The van der Waals surface area contributed by atoms with Crippen molar-refractivity contribution in [3.05, 3.63) is 182 Å². The number of rotatable bonds is 5. The third-order valence-electron chi connectivity index (χ3n) is 9.74. The molecule has 10 aromatic rings. The van der Waals surface area contributed by atoms with Gasteiger partial charge in [0, 0.05) is 53.7 Å². The van der Waals surface area contributed by atoms with Crippen molar-refractivity contribution < 1.29 is 0 Å². The van der Waals surface area contributed by atoms with E-state index in [9.17, 15) is 0 Å². The van der Waals surface area contributed by atoms with Crippen molar-refractivity contribution in [2.45, 2.75) is 0 Å². The van der Waals surface area contributed by atoms with Gasteiger partial charge in [-0.15, -0.1) is 11.3 Å². The van der Waals surface area contributed by atoms with Crippen LogP contribution in [0.5, 0.6) is 0 Å². The fourth-order valence-electron chi connectivity index (χ4n) is 7.43. The highest BCUT2D eigenvalue weighted by molar-refractivity contribution is 7.25. The number of aromatic nitrogens is 1. The van der Waals surface area contributed by atoms with Crippen molar-refractivity contribution in [2.75, 3.05) is 4.90 Å². The van der Waals surface area contributed by atoms with Crippen molar-refractivity contribution in [1.29, 1.82) is 0 Å². The number of benzene rings is 8. The Balaban J connectivity index is 1.08. The maximum atomic E-state index is 2.38. The van der Waals surface area contributed by atoms with Crippen LogP contribution in [0, 0.1) is 0 Å². The molecular formula is C46H30N2S. The quantitative estimate of drug-likeness (QED) is 0.181. The molecule has 0 spiro atoms. The van der Waals surface area contributed by atoms with Crippen LogP contribution in [0.1, 0.15) is 0 Å². The van der Waals surface area contributed by atoms with Gasteiger partial charge >= 0.3 is 0 Å². The lowest BCUT2D eigenvalue weighted by atomic mass is 9.99. The summed E-state index contributed by atoms with van der Waals surface area (Å²) in [6, 6.07) is 66.2. The Labute approximate surface area is 288 Å². The van der Waals surface area contributed by atoms with Crippen molar-refractivity contribution in [2.24, 2.45) is 0 Å². The zero-order valence-electron chi connectivity index (χ0n) is 26.6. The van der Waals surface area contributed by atoms with E-state index < -0.39 is 0 Å². The highest BCUT2D eigenvalue weighted by Crippen LogP contribution is 2.41. The Kier molecular flexibility index (Phi) is 6.39. The van der Waals surface area contributed by atoms with Gasteiger partial charge in [-0.05, 0) is 101 Å². The summed E-state index contributed by atoms with van der Waals surface area (Å²) in [5, 5.41) is 7.72. The molecule has 0 radical (unpaired) electrons. The fraction of sp³-hybridized carbons (Fsp3) is 0. The number of para-hydroxylation sites is 3. The lowest BCUT2D eigenvalue weighted by Gasteiger charge is -2.26. The van der Waals surface area contributed by atoms with Gasteiger partial charge in [0.05, 0.1) is 11.0 Å². The Morgan fingerprint density at radius 3 is 1.86 bits per heavy atom. The van der Waals surface area contributed by atoms with Crippen molar-refractivity contribution in [1.82, 2.24) is 4.57 Å². The molecule has 0 bridgehead atoms. The molecule has 0 atom stereocenters. The second-order valence-corrected chi connectivity index (χ2v) is 13.7. The van der Waals surface area contributed by atoms with Gasteiger partial charge in [-0.2, -0.15) is 0 Å². The first-order valence-electron chi connectivity index (χ1n) is 16.7. The van der Waals surface area contributed by atoms with Crippen LogP contribution in [-0.2, 0) is 0 Å². The zero-order valence-corrected chi connectivity index (χ0v) is 27.4. The van der Waals surface area contributed by atoms with Crippen LogP contribution in [-0.4, -0.2) is 4.57 Å². The number of thiophene rings is 1. The molecule has 10 rings (SSSR count). The molecule has 0 aliphatic rings. The number of nitrogens with zero attached hydrogens (tertiary/aromatic N) is 2. The first-order chi connectivity index (χ1) is 24.3. The average Bonchev–Trinajstić information content (AvgIpc) is 3.69. The third kappa shape index (κ3) is 4.62. The van der Waals surface area contributed by atoms with Crippen LogP contribution >= 0.6 is 11.3 Å². The molecule has 2 nitrogen and oxygen atoms in total. The largest absolute Gasteiger partial charge is 0.310 e. The Hall–Kier alpha value is -6.16. The van der Waals surface area contributed by atoms with Gasteiger partial charge in [0.1, 0.15) is 0 Å². The molecule has 2 heterocycles. The van der Waals surface area contributed by atoms with E-state index in [0.29, 0.717) is 0 Å². The van der Waals surface area contributed by atoms with Crippen LogP contribution in [0.25, 0.3) is 69.6 Å². The molecule has 0 unspecified atom stereocenters. The van der Waals surface area contributed by atoms with Crippen molar-refractivity contribution >= 4 is 81.1 Å². The van der Waals surface area contributed by atoms with E-state index in [2.05, 4.69) is 191 Å². The van der Waals surface area contributed by atoms with Gasteiger partial charge in [-0.1, -0.05) is 103 Å². The first-order valence-corrected chi connectivity index (χ1v) is 17.5. The van der Waals surface area contributed by atoms with Gasteiger partial charge in [-0.25, -0.2) is 0 Å². The van der Waals surface area contributed by atoms with Crippen molar-refractivity contribution in [3.8, 4) is 16.8 Å². The third-order valence-corrected chi connectivity index (χ3v) is 10.9. The number of fused-ring (bicyclic) bond motifs is 7. The molecule has 0 saturated heterocycles. The van der Waals surface area contributed by atoms with E-state index >= 15 is 0 Å². The van der Waals surface area contributed by atoms with Gasteiger partial charge < -0.3 is 9.47 Å². The van der Waals surface area contributed by atoms with Gasteiger partial charge in [0.2, 0.25) is 0 Å². The van der Waals surface area contributed by atoms with Crippen LogP contribution in [0.3, 0.4) is 0 Å². The topological polar surface area (TPSA) is 8.17 Å². The lowest BCUT2D eigenvalue weighted by Crippen LogP contribution is -2.10. The molecule has 2 aromatic heterocycles. The van der Waals surface area contributed by atoms with E-state index in [1.54, 1.807) is 0 Å². The molecule has 8 aromatic carbocycles. The molecule has 0 aliphatic carbocycles. The van der Waals surface area contributed by atoms with E-state index in [0.717, 1.165) is 22.7 Å². The summed E-state index contributed by atoms with van der Waals surface area (Å²) in [5.74, 6) is 0. The highest BCUT2D eigenvalue weighted by Gasteiger charge is 2.17. The first kappa shape index (κ1) is 27.9. The monoisotopic (exact) mass is 642 g/mol. The van der Waals surface area contributed by atoms with Crippen LogP contribution in [0.2, 0.25) is 0 Å². The van der Waals surface area contributed by atoms with Crippen molar-refractivity contribution in [3.63, 3.8) is 0 Å². The minimum absolute atomic E-state index is 1.11. The van der Waals surface area contributed by atoms with E-state index in [4.69, 9.17) is 0 Å². The molecule has 3 heteroatoms. The minimum Gasteiger partial charge on any atom is -0.310 e. The maximum absolute atomic E-state index is 2.38. The molecule has 0 fully saturated rings. The Morgan fingerprint density at radius 1 is 0.367 bits per heavy atom. The van der Waals surface area contributed by atoms with Gasteiger partial charge in [0.25, 0.3) is 0 Å². The van der Waals surface area contributed by atoms with E-state index in [-0.39, 0.29) is 0 Å². The zero-order chi connectivity index (χ0) is 32.3. The Morgan fingerprint density at radius 2 is 1.02 bits per heavy atom. The summed E-state index contributed by atoms with van der Waals surface area (Å²) in [7, 11) is 0. The Bertz CT molecular complexity index is 2810.